The summed E-state index contributed by atoms with van der Waals surface area (Å²) >= 11 is 1.32. The third-order valence-electron chi connectivity index (χ3n) is 2.00. The Hall–Kier alpha value is -1.36. The van der Waals surface area contributed by atoms with E-state index in [2.05, 4.69) is 11.9 Å². The zero-order chi connectivity index (χ0) is 12.8. The molecule has 0 radical (unpaired) electrons. The Morgan fingerprint density at radius 3 is 2.82 bits per heavy atom. The summed E-state index contributed by atoms with van der Waals surface area (Å²) in [6, 6.07) is 0. The van der Waals surface area contributed by atoms with Gasteiger partial charge in [0, 0.05) is 5.38 Å². The van der Waals surface area contributed by atoms with E-state index in [0.717, 1.165) is 12.8 Å². The van der Waals surface area contributed by atoms with Crippen LogP contribution in [0.15, 0.2) is 11.5 Å². The molecule has 0 unspecified atom stereocenters. The van der Waals surface area contributed by atoms with Crippen LogP contribution >= 0.6 is 11.3 Å². The summed E-state index contributed by atoms with van der Waals surface area (Å²) in [7, 11) is 0. The van der Waals surface area contributed by atoms with Crippen molar-refractivity contribution < 1.29 is 9.53 Å². The minimum atomic E-state index is -0.334. The molecule has 4 nitrogen and oxygen atoms in total. The van der Waals surface area contributed by atoms with Crippen LogP contribution in [0.3, 0.4) is 0 Å². The van der Waals surface area contributed by atoms with Gasteiger partial charge in [-0.2, -0.15) is 0 Å². The summed E-state index contributed by atoms with van der Waals surface area (Å²) in [6.07, 6.45) is 3.51. The summed E-state index contributed by atoms with van der Waals surface area (Å²) < 4.78 is 5.19. The van der Waals surface area contributed by atoms with Crippen molar-refractivity contribution >= 4 is 28.0 Å². The molecule has 1 heterocycles. The standard InChI is InChI=1S/C12H18N2O2S/c1-4-5-6-9(11(15)16-8(2)3)10-7-17-12(13)14-10/h6-8H,4-5H2,1-3H3,(H2,13,14)/b9-6-. The van der Waals surface area contributed by atoms with E-state index in [1.54, 1.807) is 5.38 Å². The number of hydrogen-bond acceptors (Lipinski definition) is 5. The molecular weight excluding hydrogens is 236 g/mol. The van der Waals surface area contributed by atoms with E-state index in [9.17, 15) is 4.79 Å². The van der Waals surface area contributed by atoms with E-state index < -0.39 is 0 Å². The van der Waals surface area contributed by atoms with Gasteiger partial charge >= 0.3 is 5.97 Å². The molecule has 0 fully saturated rings. The monoisotopic (exact) mass is 254 g/mol. The molecule has 1 aromatic rings. The second kappa shape index (κ2) is 6.39. The third kappa shape index (κ3) is 4.19. The van der Waals surface area contributed by atoms with Crippen molar-refractivity contribution in [3.63, 3.8) is 0 Å². The first-order valence-corrected chi connectivity index (χ1v) is 6.55. The average molecular weight is 254 g/mol. The number of carbonyl (C=O) groups excluding carboxylic acids is 1. The molecule has 5 heteroatoms. The van der Waals surface area contributed by atoms with Crippen LogP contribution < -0.4 is 5.73 Å². The van der Waals surface area contributed by atoms with Crippen LogP contribution in [-0.2, 0) is 9.53 Å². The fraction of sp³-hybridized carbons (Fsp3) is 0.500. The van der Waals surface area contributed by atoms with Crippen LogP contribution in [0.25, 0.3) is 5.57 Å². The smallest absolute Gasteiger partial charge is 0.340 e. The van der Waals surface area contributed by atoms with E-state index in [0.29, 0.717) is 16.4 Å². The molecule has 0 saturated heterocycles. The highest BCUT2D eigenvalue weighted by Gasteiger charge is 2.17. The van der Waals surface area contributed by atoms with Crippen molar-refractivity contribution in [2.45, 2.75) is 39.7 Å². The third-order valence-corrected chi connectivity index (χ3v) is 2.67. The maximum absolute atomic E-state index is 11.9. The van der Waals surface area contributed by atoms with Gasteiger partial charge in [0.25, 0.3) is 0 Å². The number of nitrogen functional groups attached to an aromatic ring is 1. The molecule has 0 amide bonds. The number of thiazole rings is 1. The summed E-state index contributed by atoms with van der Waals surface area (Å²) in [5.41, 5.74) is 6.69. The molecule has 0 atom stereocenters. The van der Waals surface area contributed by atoms with Crippen LogP contribution in [0.5, 0.6) is 0 Å². The summed E-state index contributed by atoms with van der Waals surface area (Å²) in [6.45, 7) is 5.70. The highest BCUT2D eigenvalue weighted by atomic mass is 32.1. The van der Waals surface area contributed by atoms with E-state index in [4.69, 9.17) is 10.5 Å². The van der Waals surface area contributed by atoms with Crippen LogP contribution in [-0.4, -0.2) is 17.1 Å². The van der Waals surface area contributed by atoms with E-state index >= 15 is 0 Å². The van der Waals surface area contributed by atoms with E-state index in [1.165, 1.54) is 11.3 Å². The Kier molecular flexibility index (Phi) is 5.15. The largest absolute Gasteiger partial charge is 0.459 e. The number of esters is 1. The SMILES string of the molecule is CCC/C=C(\C(=O)OC(C)C)c1csc(N)n1. The van der Waals surface area contributed by atoms with E-state index in [-0.39, 0.29) is 12.1 Å². The number of anilines is 1. The molecule has 0 aliphatic carbocycles. The molecular formula is C12H18N2O2S. The van der Waals surface area contributed by atoms with Gasteiger partial charge in [-0.15, -0.1) is 11.3 Å². The molecule has 1 aromatic heterocycles. The van der Waals surface area contributed by atoms with Gasteiger partial charge in [-0.25, -0.2) is 9.78 Å². The van der Waals surface area contributed by atoms with Gasteiger partial charge in [-0.05, 0) is 20.3 Å². The Morgan fingerprint density at radius 1 is 1.65 bits per heavy atom. The predicted molar refractivity (Wildman–Crippen MR) is 70.6 cm³/mol. The number of rotatable bonds is 5. The van der Waals surface area contributed by atoms with Crippen molar-refractivity contribution in [2.75, 3.05) is 5.73 Å². The molecule has 2 N–H and O–H groups in total. The Labute approximate surface area is 106 Å². The molecule has 1 rings (SSSR count). The number of nitrogens with zero attached hydrogens (tertiary/aromatic N) is 1. The number of ether oxygens (including phenoxy) is 1. The Balaban J connectivity index is 2.92. The molecule has 0 saturated carbocycles. The predicted octanol–water partition coefficient (Wildman–Crippen LogP) is 2.86. The van der Waals surface area contributed by atoms with Gasteiger partial charge in [0.05, 0.1) is 17.4 Å². The molecule has 0 aliphatic heterocycles. The number of allylic oxidation sites excluding steroid dienone is 1. The van der Waals surface area contributed by atoms with Crippen LogP contribution in [0.4, 0.5) is 5.13 Å². The number of unbranched alkanes of at least 4 members (excludes halogenated alkanes) is 1. The maximum Gasteiger partial charge on any atom is 0.340 e. The van der Waals surface area contributed by atoms with Gasteiger partial charge in [-0.3, -0.25) is 0 Å². The van der Waals surface area contributed by atoms with Crippen LogP contribution in [0, 0.1) is 0 Å². The van der Waals surface area contributed by atoms with Crippen molar-refractivity contribution in [3.8, 4) is 0 Å². The number of hydrogen-bond donors (Lipinski definition) is 1. The minimum Gasteiger partial charge on any atom is -0.459 e. The lowest BCUT2D eigenvalue weighted by molar-refractivity contribution is -0.140. The van der Waals surface area contributed by atoms with Gasteiger partial charge in [0.15, 0.2) is 5.13 Å². The summed E-state index contributed by atoms with van der Waals surface area (Å²) in [4.78, 5) is 16.0. The van der Waals surface area contributed by atoms with E-state index in [1.807, 2.05) is 19.9 Å². The maximum atomic E-state index is 11.9. The van der Waals surface area contributed by atoms with Gasteiger partial charge in [-0.1, -0.05) is 19.4 Å². The first kappa shape index (κ1) is 13.7. The average Bonchev–Trinajstić information content (AvgIpc) is 2.64. The quantitative estimate of drug-likeness (QED) is 0.648. The fourth-order valence-electron chi connectivity index (χ4n) is 1.27. The minimum absolute atomic E-state index is 0.136. The van der Waals surface area contributed by atoms with Gasteiger partial charge in [0.2, 0.25) is 0 Å². The molecule has 0 spiro atoms. The highest BCUT2D eigenvalue weighted by Crippen LogP contribution is 2.21. The second-order valence-corrected chi connectivity index (χ2v) is 4.82. The van der Waals surface area contributed by atoms with Gasteiger partial charge < -0.3 is 10.5 Å². The molecule has 94 valence electrons. The van der Waals surface area contributed by atoms with Gasteiger partial charge in [0.1, 0.15) is 0 Å². The Morgan fingerprint density at radius 2 is 2.35 bits per heavy atom. The fourth-order valence-corrected chi connectivity index (χ4v) is 1.83. The summed E-state index contributed by atoms with van der Waals surface area (Å²) in [5, 5.41) is 2.23. The number of aromatic nitrogens is 1. The first-order valence-electron chi connectivity index (χ1n) is 5.67. The van der Waals surface area contributed by atoms with Crippen molar-refractivity contribution in [3.05, 3.63) is 17.2 Å². The molecule has 0 aliphatic rings. The lowest BCUT2D eigenvalue weighted by Gasteiger charge is -2.09. The topological polar surface area (TPSA) is 65.2 Å². The Bertz CT molecular complexity index is 410. The van der Waals surface area contributed by atoms with Crippen molar-refractivity contribution in [1.29, 1.82) is 0 Å². The normalized spacial score (nSPS) is 11.9. The zero-order valence-electron chi connectivity index (χ0n) is 10.4. The molecule has 0 bridgehead atoms. The van der Waals surface area contributed by atoms with Crippen LogP contribution in [0.1, 0.15) is 39.3 Å². The molecule has 0 aromatic carbocycles. The number of nitrogens with two attached hydrogens (primary N) is 1. The second-order valence-electron chi connectivity index (χ2n) is 3.93. The summed E-state index contributed by atoms with van der Waals surface area (Å²) in [5.74, 6) is -0.334. The lowest BCUT2D eigenvalue weighted by atomic mass is 10.1. The van der Waals surface area contributed by atoms with Crippen LogP contribution in [0.2, 0.25) is 0 Å². The first-order chi connectivity index (χ1) is 8.04. The van der Waals surface area contributed by atoms with Crippen molar-refractivity contribution in [2.24, 2.45) is 0 Å². The lowest BCUT2D eigenvalue weighted by Crippen LogP contribution is -2.13. The highest BCUT2D eigenvalue weighted by molar-refractivity contribution is 7.13. The number of carbonyl (C=O) groups is 1. The molecule has 17 heavy (non-hydrogen) atoms. The zero-order valence-corrected chi connectivity index (χ0v) is 11.2. The van der Waals surface area contributed by atoms with Crippen molar-refractivity contribution in [1.82, 2.24) is 4.98 Å².